The number of aryl methyl sites for hydroxylation is 1. The van der Waals surface area contributed by atoms with Gasteiger partial charge in [-0.1, -0.05) is 20.8 Å². The highest BCUT2D eigenvalue weighted by Gasteiger charge is 2.27. The van der Waals surface area contributed by atoms with Crippen molar-refractivity contribution in [3.8, 4) is 0 Å². The molecule has 1 heterocycles. The average Bonchev–Trinajstić information content (AvgIpc) is 2.24. The van der Waals surface area contributed by atoms with Crippen LogP contribution < -0.4 is 0 Å². The van der Waals surface area contributed by atoms with E-state index in [4.69, 9.17) is 5.11 Å². The van der Waals surface area contributed by atoms with E-state index in [1.165, 1.54) is 0 Å². The summed E-state index contributed by atoms with van der Waals surface area (Å²) in [4.78, 5) is 10.8. The lowest BCUT2D eigenvalue weighted by Gasteiger charge is -2.19. The van der Waals surface area contributed by atoms with Crippen LogP contribution in [-0.2, 0) is 12.5 Å². The molecule has 0 radical (unpaired) electrons. The van der Waals surface area contributed by atoms with Gasteiger partial charge in [0.2, 0.25) is 0 Å². The van der Waals surface area contributed by atoms with E-state index in [0.717, 1.165) is 5.69 Å². The van der Waals surface area contributed by atoms with E-state index in [1.807, 2.05) is 20.8 Å². The minimum absolute atomic E-state index is 0.0671. The van der Waals surface area contributed by atoms with E-state index in [9.17, 15) is 4.79 Å². The molecule has 0 atom stereocenters. The molecule has 1 aromatic rings. The van der Waals surface area contributed by atoms with Crippen LogP contribution in [0.2, 0.25) is 0 Å². The first-order valence-corrected chi connectivity index (χ1v) is 5.00. The van der Waals surface area contributed by atoms with E-state index in [1.54, 1.807) is 11.7 Å². The highest BCUT2D eigenvalue weighted by molar-refractivity contribution is 9.10. The summed E-state index contributed by atoms with van der Waals surface area (Å²) in [7, 11) is 1.75. The molecule has 0 aliphatic rings. The fraction of sp³-hybridized carbons (Fsp3) is 0.556. The Labute approximate surface area is 91.1 Å². The van der Waals surface area contributed by atoms with Crippen molar-refractivity contribution in [1.29, 1.82) is 0 Å². The van der Waals surface area contributed by atoms with Crippen LogP contribution in [0.5, 0.6) is 0 Å². The van der Waals surface area contributed by atoms with Crippen LogP contribution in [0.15, 0.2) is 4.47 Å². The lowest BCUT2D eigenvalue weighted by molar-refractivity contribution is 0.0688. The minimum atomic E-state index is -1.01. The molecule has 0 bridgehead atoms. The third-order valence-electron chi connectivity index (χ3n) is 1.90. The highest BCUT2D eigenvalue weighted by atomic mass is 79.9. The zero-order valence-corrected chi connectivity index (χ0v) is 10.2. The molecular formula is C9H13BrN2O2. The number of aromatic carboxylic acids is 1. The van der Waals surface area contributed by atoms with E-state index in [0.29, 0.717) is 4.47 Å². The van der Waals surface area contributed by atoms with Gasteiger partial charge in [0.1, 0.15) is 0 Å². The van der Waals surface area contributed by atoms with Crippen molar-refractivity contribution in [3.63, 3.8) is 0 Å². The Bertz CT molecular complexity index is 377. The first-order chi connectivity index (χ1) is 6.25. The van der Waals surface area contributed by atoms with Gasteiger partial charge in [-0.2, -0.15) is 5.10 Å². The normalized spacial score (nSPS) is 11.8. The highest BCUT2D eigenvalue weighted by Crippen LogP contribution is 2.31. The van der Waals surface area contributed by atoms with Gasteiger partial charge in [-0.3, -0.25) is 4.68 Å². The first-order valence-electron chi connectivity index (χ1n) is 4.21. The summed E-state index contributed by atoms with van der Waals surface area (Å²) in [5.74, 6) is -1.01. The Hall–Kier alpha value is -0.840. The molecule has 0 amide bonds. The molecule has 0 saturated carbocycles. The predicted molar refractivity (Wildman–Crippen MR) is 56.6 cm³/mol. The summed E-state index contributed by atoms with van der Waals surface area (Å²) in [6, 6.07) is 0. The molecule has 0 saturated heterocycles. The van der Waals surface area contributed by atoms with Gasteiger partial charge >= 0.3 is 5.97 Å². The van der Waals surface area contributed by atoms with E-state index >= 15 is 0 Å². The third-order valence-corrected chi connectivity index (χ3v) is 2.65. The van der Waals surface area contributed by atoms with Gasteiger partial charge in [0.25, 0.3) is 0 Å². The number of carboxylic acid groups (broad SMARTS) is 1. The molecule has 0 aliphatic carbocycles. The van der Waals surface area contributed by atoms with Crippen molar-refractivity contribution < 1.29 is 9.90 Å². The Kier molecular flexibility index (Phi) is 2.71. The Morgan fingerprint density at radius 1 is 1.50 bits per heavy atom. The second kappa shape index (κ2) is 3.38. The van der Waals surface area contributed by atoms with Crippen molar-refractivity contribution in [1.82, 2.24) is 9.78 Å². The maximum atomic E-state index is 10.8. The molecule has 0 fully saturated rings. The van der Waals surface area contributed by atoms with Crippen LogP contribution in [0.25, 0.3) is 0 Å². The summed E-state index contributed by atoms with van der Waals surface area (Å²) in [6.45, 7) is 6.04. The smallest absolute Gasteiger partial charge is 0.357 e. The van der Waals surface area contributed by atoms with Crippen molar-refractivity contribution in [2.45, 2.75) is 26.2 Å². The largest absolute Gasteiger partial charge is 0.476 e. The lowest BCUT2D eigenvalue weighted by atomic mass is 9.92. The summed E-state index contributed by atoms with van der Waals surface area (Å²) in [6.07, 6.45) is 0. The van der Waals surface area contributed by atoms with Crippen molar-refractivity contribution in [3.05, 3.63) is 15.9 Å². The third kappa shape index (κ3) is 1.82. The van der Waals surface area contributed by atoms with Crippen molar-refractivity contribution in [2.75, 3.05) is 0 Å². The van der Waals surface area contributed by atoms with Crippen molar-refractivity contribution >= 4 is 21.9 Å². The number of hydrogen-bond acceptors (Lipinski definition) is 2. The van der Waals surface area contributed by atoms with Gasteiger partial charge in [-0.05, 0) is 15.9 Å². The molecule has 0 aliphatic heterocycles. The summed E-state index contributed by atoms with van der Waals surface area (Å²) < 4.78 is 2.17. The van der Waals surface area contributed by atoms with Gasteiger partial charge in [0, 0.05) is 12.5 Å². The van der Waals surface area contributed by atoms with Crippen LogP contribution in [-0.4, -0.2) is 20.9 Å². The average molecular weight is 261 g/mol. The Balaban J connectivity index is 3.40. The number of nitrogens with zero attached hydrogens (tertiary/aromatic N) is 2. The maximum Gasteiger partial charge on any atom is 0.357 e. The molecule has 5 heteroatoms. The number of aromatic nitrogens is 2. The summed E-state index contributed by atoms with van der Waals surface area (Å²) in [5, 5.41) is 12.8. The topological polar surface area (TPSA) is 55.1 Å². The number of hydrogen-bond donors (Lipinski definition) is 1. The first kappa shape index (κ1) is 11.2. The summed E-state index contributed by atoms with van der Waals surface area (Å²) >= 11 is 3.27. The van der Waals surface area contributed by atoms with Gasteiger partial charge in [-0.25, -0.2) is 4.79 Å². The van der Waals surface area contributed by atoms with Crippen LogP contribution in [0, 0.1) is 0 Å². The molecule has 78 valence electrons. The maximum absolute atomic E-state index is 10.8. The van der Waals surface area contributed by atoms with Crippen molar-refractivity contribution in [2.24, 2.45) is 7.05 Å². The van der Waals surface area contributed by atoms with Crippen LogP contribution in [0.4, 0.5) is 0 Å². The van der Waals surface area contributed by atoms with E-state index in [-0.39, 0.29) is 11.1 Å². The Morgan fingerprint density at radius 3 is 2.21 bits per heavy atom. The summed E-state index contributed by atoms with van der Waals surface area (Å²) in [5.41, 5.74) is 0.821. The van der Waals surface area contributed by atoms with E-state index in [2.05, 4.69) is 21.0 Å². The number of carboxylic acids is 1. The fourth-order valence-electron chi connectivity index (χ4n) is 1.45. The fourth-order valence-corrected chi connectivity index (χ4v) is 2.55. The van der Waals surface area contributed by atoms with Crippen LogP contribution >= 0.6 is 15.9 Å². The SMILES string of the molecule is Cn1nc(C(=O)O)c(Br)c1C(C)(C)C. The standard InChI is InChI=1S/C9H13BrN2O2/c1-9(2,3)7-5(10)6(8(13)14)11-12(7)4/h1-4H3,(H,13,14). The minimum Gasteiger partial charge on any atom is -0.476 e. The molecule has 0 spiro atoms. The molecule has 1 rings (SSSR count). The zero-order chi connectivity index (χ0) is 11.1. The Morgan fingerprint density at radius 2 is 2.00 bits per heavy atom. The molecule has 1 N–H and O–H groups in total. The number of halogens is 1. The number of rotatable bonds is 1. The van der Waals surface area contributed by atoms with Crippen LogP contribution in [0.3, 0.4) is 0 Å². The molecule has 0 aromatic carbocycles. The van der Waals surface area contributed by atoms with Gasteiger partial charge in [0.15, 0.2) is 5.69 Å². The van der Waals surface area contributed by atoms with Gasteiger partial charge < -0.3 is 5.11 Å². The predicted octanol–water partition coefficient (Wildman–Crippen LogP) is 2.18. The quantitative estimate of drug-likeness (QED) is 0.842. The molecular weight excluding hydrogens is 248 g/mol. The monoisotopic (exact) mass is 260 g/mol. The molecule has 1 aromatic heterocycles. The molecule has 4 nitrogen and oxygen atoms in total. The second-order valence-corrected chi connectivity index (χ2v) is 4.98. The molecule has 0 unspecified atom stereocenters. The lowest BCUT2D eigenvalue weighted by Crippen LogP contribution is -2.16. The second-order valence-electron chi connectivity index (χ2n) is 4.19. The van der Waals surface area contributed by atoms with Crippen LogP contribution in [0.1, 0.15) is 37.0 Å². The molecule has 14 heavy (non-hydrogen) atoms. The van der Waals surface area contributed by atoms with Gasteiger partial charge in [0.05, 0.1) is 10.2 Å². The van der Waals surface area contributed by atoms with Gasteiger partial charge in [-0.15, -0.1) is 0 Å². The van der Waals surface area contributed by atoms with E-state index < -0.39 is 5.97 Å². The number of carbonyl (C=O) groups is 1. The zero-order valence-electron chi connectivity index (χ0n) is 8.63.